The van der Waals surface area contributed by atoms with Crippen molar-refractivity contribution < 1.29 is 14.6 Å². The molecule has 28 heavy (non-hydrogen) atoms. The molecule has 0 bridgehead atoms. The lowest BCUT2D eigenvalue weighted by Crippen LogP contribution is -2.33. The van der Waals surface area contributed by atoms with Crippen molar-refractivity contribution in [1.29, 1.82) is 0 Å². The van der Waals surface area contributed by atoms with Crippen LogP contribution in [0.2, 0.25) is 0 Å². The van der Waals surface area contributed by atoms with Gasteiger partial charge in [0.05, 0.1) is 7.11 Å². The second-order valence-corrected chi connectivity index (χ2v) is 7.25. The van der Waals surface area contributed by atoms with E-state index in [9.17, 15) is 5.11 Å². The van der Waals surface area contributed by atoms with Gasteiger partial charge in [0, 0.05) is 25.5 Å². The average Bonchev–Trinajstić information content (AvgIpc) is 3.23. The number of rotatable bonds is 11. The van der Waals surface area contributed by atoms with Gasteiger partial charge < -0.3 is 24.8 Å². The molecule has 2 aromatic rings. The van der Waals surface area contributed by atoms with Crippen molar-refractivity contribution >= 4 is 0 Å². The summed E-state index contributed by atoms with van der Waals surface area (Å²) in [4.78, 5) is 6.42. The first-order chi connectivity index (χ1) is 13.7. The minimum Gasteiger partial charge on any atom is -0.493 e. The molecule has 3 rings (SSSR count). The number of β-amino-alcohol motifs (C(OH)–C–C–N with tert-alkyl or cyclic N) is 1. The van der Waals surface area contributed by atoms with E-state index in [4.69, 9.17) is 9.47 Å². The second-order valence-electron chi connectivity index (χ2n) is 7.25. The molecule has 0 radical (unpaired) electrons. The summed E-state index contributed by atoms with van der Waals surface area (Å²) in [7, 11) is 1.64. The highest BCUT2D eigenvalue weighted by Gasteiger charge is 2.17. The number of methoxy groups -OCH3 is 1. The monoisotopic (exact) mass is 385 g/mol. The van der Waals surface area contributed by atoms with Gasteiger partial charge in [-0.05, 0) is 68.2 Å². The Bertz CT molecular complexity index is 705. The molecule has 0 spiro atoms. The fraction of sp³-hybridized carbons (Fsp3) is 0.500. The molecule has 1 aliphatic rings. The van der Waals surface area contributed by atoms with Crippen molar-refractivity contribution in [2.45, 2.75) is 31.9 Å². The van der Waals surface area contributed by atoms with Crippen LogP contribution < -0.4 is 14.8 Å². The van der Waals surface area contributed by atoms with Gasteiger partial charge in [-0.25, -0.2) is 0 Å². The number of nitrogens with zero attached hydrogens (tertiary/aromatic N) is 2. The summed E-state index contributed by atoms with van der Waals surface area (Å²) in [5.41, 5.74) is 2.36. The molecular weight excluding hydrogens is 354 g/mol. The third kappa shape index (κ3) is 6.48. The predicted octanol–water partition coefficient (Wildman–Crippen LogP) is 2.26. The maximum Gasteiger partial charge on any atom is 0.161 e. The molecule has 2 heterocycles. The maximum atomic E-state index is 10.2. The standard InChI is InChI=1S/C22H31N3O3/c1-27-22-13-19(15-24-10-8-18-5-4-9-23-14-18)6-7-21(22)28-17-20(26)16-25-11-2-3-12-25/h4-7,9,13-14,20,24,26H,2-3,8,10-12,15-17H2,1H3. The second kappa shape index (κ2) is 11.0. The van der Waals surface area contributed by atoms with Crippen LogP contribution in [0.15, 0.2) is 42.7 Å². The molecule has 0 saturated carbocycles. The number of hydrogen-bond acceptors (Lipinski definition) is 6. The maximum absolute atomic E-state index is 10.2. The summed E-state index contributed by atoms with van der Waals surface area (Å²) < 4.78 is 11.3. The lowest BCUT2D eigenvalue weighted by Gasteiger charge is -2.20. The SMILES string of the molecule is COc1cc(CNCCc2cccnc2)ccc1OCC(O)CN1CCCC1. The number of pyridine rings is 1. The molecule has 6 heteroatoms. The van der Waals surface area contributed by atoms with Crippen LogP contribution in [0.5, 0.6) is 11.5 Å². The summed E-state index contributed by atoms with van der Waals surface area (Å²) in [6, 6.07) is 9.98. The number of hydrogen-bond donors (Lipinski definition) is 2. The van der Waals surface area contributed by atoms with Crippen LogP contribution in [0, 0.1) is 0 Å². The lowest BCUT2D eigenvalue weighted by molar-refractivity contribution is 0.0747. The fourth-order valence-electron chi connectivity index (χ4n) is 3.45. The molecule has 152 valence electrons. The third-order valence-corrected chi connectivity index (χ3v) is 4.97. The van der Waals surface area contributed by atoms with Crippen LogP contribution in [-0.2, 0) is 13.0 Å². The average molecular weight is 386 g/mol. The van der Waals surface area contributed by atoms with Gasteiger partial charge in [-0.1, -0.05) is 12.1 Å². The largest absolute Gasteiger partial charge is 0.493 e. The zero-order chi connectivity index (χ0) is 19.6. The Hall–Kier alpha value is -2.15. The van der Waals surface area contributed by atoms with E-state index in [1.807, 2.05) is 30.5 Å². The minimum absolute atomic E-state index is 0.273. The van der Waals surface area contributed by atoms with Crippen LogP contribution in [0.3, 0.4) is 0 Å². The molecule has 6 nitrogen and oxygen atoms in total. The first-order valence-electron chi connectivity index (χ1n) is 10.0. The van der Waals surface area contributed by atoms with E-state index in [1.54, 1.807) is 13.3 Å². The number of aliphatic hydroxyl groups is 1. The first-order valence-corrected chi connectivity index (χ1v) is 10.0. The number of nitrogens with one attached hydrogen (secondary N) is 1. The van der Waals surface area contributed by atoms with E-state index in [0.29, 0.717) is 18.0 Å². The summed E-state index contributed by atoms with van der Waals surface area (Å²) >= 11 is 0. The van der Waals surface area contributed by atoms with Crippen molar-refractivity contribution in [3.05, 3.63) is 53.9 Å². The van der Waals surface area contributed by atoms with Gasteiger partial charge in [0.2, 0.25) is 0 Å². The highest BCUT2D eigenvalue weighted by Crippen LogP contribution is 2.28. The van der Waals surface area contributed by atoms with Gasteiger partial charge in [0.1, 0.15) is 12.7 Å². The third-order valence-electron chi connectivity index (χ3n) is 4.97. The Balaban J connectivity index is 1.43. The number of likely N-dealkylation sites (tertiary alicyclic amines) is 1. The van der Waals surface area contributed by atoms with Crippen molar-refractivity contribution in [1.82, 2.24) is 15.2 Å². The molecule has 1 saturated heterocycles. The van der Waals surface area contributed by atoms with Crippen LogP contribution >= 0.6 is 0 Å². The summed E-state index contributed by atoms with van der Waals surface area (Å²) in [6.07, 6.45) is 6.59. The van der Waals surface area contributed by atoms with Crippen LogP contribution in [0.25, 0.3) is 0 Å². The molecule has 1 fully saturated rings. The zero-order valence-electron chi connectivity index (χ0n) is 16.6. The Morgan fingerprint density at radius 2 is 2.04 bits per heavy atom. The quantitative estimate of drug-likeness (QED) is 0.579. The minimum atomic E-state index is -0.489. The molecule has 1 unspecified atom stereocenters. The van der Waals surface area contributed by atoms with E-state index in [2.05, 4.69) is 21.3 Å². The molecule has 0 amide bonds. The molecule has 1 aromatic carbocycles. The Labute approximate surface area is 167 Å². The van der Waals surface area contributed by atoms with Gasteiger partial charge in [-0.15, -0.1) is 0 Å². The van der Waals surface area contributed by atoms with Crippen LogP contribution in [0.4, 0.5) is 0 Å². The van der Waals surface area contributed by atoms with Crippen molar-refractivity contribution in [3.63, 3.8) is 0 Å². The van der Waals surface area contributed by atoms with Gasteiger partial charge in [-0.2, -0.15) is 0 Å². The summed E-state index contributed by atoms with van der Waals surface area (Å²) in [5.74, 6) is 1.36. The van der Waals surface area contributed by atoms with Crippen molar-refractivity contribution in [3.8, 4) is 11.5 Å². The molecule has 0 aliphatic carbocycles. The van der Waals surface area contributed by atoms with E-state index in [-0.39, 0.29) is 6.61 Å². The highest BCUT2D eigenvalue weighted by molar-refractivity contribution is 5.43. The molecule has 1 aliphatic heterocycles. The Kier molecular flexibility index (Phi) is 8.08. The fourth-order valence-corrected chi connectivity index (χ4v) is 3.45. The van der Waals surface area contributed by atoms with E-state index in [1.165, 1.54) is 18.4 Å². The van der Waals surface area contributed by atoms with Crippen LogP contribution in [0.1, 0.15) is 24.0 Å². The summed E-state index contributed by atoms with van der Waals surface area (Å²) in [5, 5.41) is 13.6. The van der Waals surface area contributed by atoms with Crippen molar-refractivity contribution in [2.24, 2.45) is 0 Å². The van der Waals surface area contributed by atoms with E-state index >= 15 is 0 Å². The molecular formula is C22H31N3O3. The first kappa shape index (κ1) is 20.6. The Morgan fingerprint density at radius 3 is 2.79 bits per heavy atom. The normalized spacial score (nSPS) is 15.5. The zero-order valence-corrected chi connectivity index (χ0v) is 16.6. The number of aromatic nitrogens is 1. The predicted molar refractivity (Wildman–Crippen MR) is 110 cm³/mol. The number of aliphatic hydroxyl groups excluding tert-OH is 1. The van der Waals surface area contributed by atoms with Gasteiger partial charge in [-0.3, -0.25) is 4.98 Å². The van der Waals surface area contributed by atoms with E-state index in [0.717, 1.165) is 38.2 Å². The topological polar surface area (TPSA) is 66.8 Å². The smallest absolute Gasteiger partial charge is 0.161 e. The molecule has 1 atom stereocenters. The number of benzene rings is 1. The van der Waals surface area contributed by atoms with Gasteiger partial charge >= 0.3 is 0 Å². The molecule has 2 N–H and O–H groups in total. The van der Waals surface area contributed by atoms with Gasteiger partial charge in [0.15, 0.2) is 11.5 Å². The highest BCUT2D eigenvalue weighted by atomic mass is 16.5. The van der Waals surface area contributed by atoms with E-state index < -0.39 is 6.10 Å². The van der Waals surface area contributed by atoms with Crippen LogP contribution in [-0.4, -0.2) is 61.0 Å². The van der Waals surface area contributed by atoms with Crippen molar-refractivity contribution in [2.75, 3.05) is 39.9 Å². The molecule has 1 aromatic heterocycles. The lowest BCUT2D eigenvalue weighted by atomic mass is 10.2. The van der Waals surface area contributed by atoms with Gasteiger partial charge in [0.25, 0.3) is 0 Å². The Morgan fingerprint density at radius 1 is 1.18 bits per heavy atom. The summed E-state index contributed by atoms with van der Waals surface area (Å²) in [6.45, 7) is 4.73. The number of ether oxygens (including phenoxy) is 2.